The summed E-state index contributed by atoms with van der Waals surface area (Å²) in [4.78, 5) is 0. The van der Waals surface area contributed by atoms with Gasteiger partial charge < -0.3 is 4.74 Å². The van der Waals surface area contributed by atoms with E-state index in [4.69, 9.17) is 4.74 Å². The van der Waals surface area contributed by atoms with Crippen LogP contribution in [0.2, 0.25) is 0 Å². The highest BCUT2D eigenvalue weighted by atomic mass is 16.5. The van der Waals surface area contributed by atoms with Crippen molar-refractivity contribution in [1.82, 2.24) is 0 Å². The summed E-state index contributed by atoms with van der Waals surface area (Å²) in [6, 6.07) is 11.2. The molecular weight excluding hydrogens is 244 g/mol. The van der Waals surface area contributed by atoms with Crippen LogP contribution in [0.4, 0.5) is 0 Å². The molecule has 2 bridgehead atoms. The highest BCUT2D eigenvalue weighted by Crippen LogP contribution is 2.54. The smallest absolute Gasteiger partial charge is 0.0683 e. The van der Waals surface area contributed by atoms with Crippen molar-refractivity contribution >= 4 is 0 Å². The van der Waals surface area contributed by atoms with E-state index >= 15 is 0 Å². The van der Waals surface area contributed by atoms with Crippen LogP contribution in [0.3, 0.4) is 0 Å². The van der Waals surface area contributed by atoms with Gasteiger partial charge in [-0.3, -0.25) is 0 Å². The number of benzene rings is 1. The molecule has 4 rings (SSSR count). The van der Waals surface area contributed by atoms with Gasteiger partial charge in [-0.15, -0.1) is 0 Å². The van der Waals surface area contributed by atoms with Crippen LogP contribution in [0.1, 0.15) is 70.3 Å². The Hall–Kier alpha value is -0.820. The zero-order valence-electron chi connectivity index (χ0n) is 12.9. The van der Waals surface area contributed by atoms with Gasteiger partial charge >= 0.3 is 0 Å². The number of rotatable bonds is 6. The second kappa shape index (κ2) is 5.89. The fourth-order valence-corrected chi connectivity index (χ4v) is 4.23. The first-order valence-electron chi connectivity index (χ1n) is 8.48. The lowest BCUT2D eigenvalue weighted by atomic mass is 9.56. The highest BCUT2D eigenvalue weighted by molar-refractivity contribution is 5.28. The first kappa shape index (κ1) is 14.1. The van der Waals surface area contributed by atoms with Gasteiger partial charge in [-0.05, 0) is 55.9 Å². The lowest BCUT2D eigenvalue weighted by Crippen LogP contribution is -2.49. The molecule has 0 radical (unpaired) electrons. The molecule has 3 aliphatic rings. The molecular formula is C19H28O. The molecule has 0 spiro atoms. The molecule has 0 aromatic heterocycles. The van der Waals surface area contributed by atoms with Crippen LogP contribution < -0.4 is 0 Å². The van der Waals surface area contributed by atoms with Crippen LogP contribution in [0.5, 0.6) is 0 Å². The summed E-state index contributed by atoms with van der Waals surface area (Å²) in [6.07, 6.45) is 11.6. The van der Waals surface area contributed by atoms with Gasteiger partial charge in [0.25, 0.3) is 0 Å². The third-order valence-electron chi connectivity index (χ3n) is 5.72. The summed E-state index contributed by atoms with van der Waals surface area (Å²) in [5, 5.41) is 0. The third-order valence-corrected chi connectivity index (χ3v) is 5.72. The first-order valence-corrected chi connectivity index (χ1v) is 8.48. The van der Waals surface area contributed by atoms with E-state index in [1.807, 2.05) is 0 Å². The molecule has 0 aliphatic heterocycles. The molecule has 20 heavy (non-hydrogen) atoms. The van der Waals surface area contributed by atoms with Crippen LogP contribution >= 0.6 is 0 Å². The topological polar surface area (TPSA) is 9.23 Å². The van der Waals surface area contributed by atoms with E-state index in [0.29, 0.717) is 5.41 Å². The molecule has 0 N–H and O–H groups in total. The Kier molecular flexibility index (Phi) is 4.16. The maximum absolute atomic E-state index is 6.34. The quantitative estimate of drug-likeness (QED) is 0.644. The van der Waals surface area contributed by atoms with Gasteiger partial charge in [0.15, 0.2) is 0 Å². The van der Waals surface area contributed by atoms with Gasteiger partial charge in [0.2, 0.25) is 0 Å². The van der Waals surface area contributed by atoms with Crippen molar-refractivity contribution in [3.8, 4) is 0 Å². The fourth-order valence-electron chi connectivity index (χ4n) is 4.23. The molecule has 0 heterocycles. The SMILES string of the molecule is CCCCCOC12CCC(c3ccccc3)(CC1)CC2. The minimum Gasteiger partial charge on any atom is -0.375 e. The third kappa shape index (κ3) is 2.65. The van der Waals surface area contributed by atoms with Crippen molar-refractivity contribution in [2.75, 3.05) is 6.61 Å². The largest absolute Gasteiger partial charge is 0.375 e. The van der Waals surface area contributed by atoms with E-state index in [9.17, 15) is 0 Å². The lowest BCUT2D eigenvalue weighted by molar-refractivity contribution is -0.119. The van der Waals surface area contributed by atoms with Gasteiger partial charge in [0.05, 0.1) is 5.60 Å². The highest BCUT2D eigenvalue weighted by Gasteiger charge is 2.49. The second-order valence-electron chi connectivity index (χ2n) is 6.88. The van der Waals surface area contributed by atoms with Gasteiger partial charge in [-0.2, -0.15) is 0 Å². The van der Waals surface area contributed by atoms with Crippen molar-refractivity contribution in [3.05, 3.63) is 35.9 Å². The standard InChI is InChI=1S/C19H28O/c1-2-3-7-16-20-19-13-10-18(11-14-19,12-15-19)17-8-5-4-6-9-17/h4-6,8-9H,2-3,7,10-16H2,1H3. The van der Waals surface area contributed by atoms with E-state index in [2.05, 4.69) is 37.3 Å². The summed E-state index contributed by atoms with van der Waals surface area (Å²) >= 11 is 0. The summed E-state index contributed by atoms with van der Waals surface area (Å²) < 4.78 is 6.34. The van der Waals surface area contributed by atoms with E-state index < -0.39 is 0 Å². The molecule has 1 heteroatoms. The Morgan fingerprint density at radius 3 is 2.15 bits per heavy atom. The Morgan fingerprint density at radius 2 is 1.55 bits per heavy atom. The zero-order chi connectivity index (χ0) is 13.9. The predicted molar refractivity (Wildman–Crippen MR) is 84.0 cm³/mol. The number of ether oxygens (including phenoxy) is 1. The van der Waals surface area contributed by atoms with Gasteiger partial charge in [0, 0.05) is 6.61 Å². The van der Waals surface area contributed by atoms with Gasteiger partial charge in [0.1, 0.15) is 0 Å². The Morgan fingerprint density at radius 1 is 0.900 bits per heavy atom. The van der Waals surface area contributed by atoms with Crippen LogP contribution in [-0.2, 0) is 10.2 Å². The van der Waals surface area contributed by atoms with Crippen LogP contribution in [-0.4, -0.2) is 12.2 Å². The molecule has 3 aliphatic carbocycles. The molecule has 0 saturated heterocycles. The lowest BCUT2D eigenvalue weighted by Gasteiger charge is -2.53. The monoisotopic (exact) mass is 272 g/mol. The van der Waals surface area contributed by atoms with Gasteiger partial charge in [-0.25, -0.2) is 0 Å². The average molecular weight is 272 g/mol. The fraction of sp³-hybridized carbons (Fsp3) is 0.684. The number of fused-ring (bicyclic) bond motifs is 3. The minimum atomic E-state index is 0.240. The minimum absolute atomic E-state index is 0.240. The Bertz CT molecular complexity index is 398. The Labute approximate surface area is 123 Å². The van der Waals surface area contributed by atoms with Crippen LogP contribution in [0.15, 0.2) is 30.3 Å². The maximum Gasteiger partial charge on any atom is 0.0683 e. The Balaban J connectivity index is 1.61. The van der Waals surface area contributed by atoms with Crippen molar-refractivity contribution in [1.29, 1.82) is 0 Å². The van der Waals surface area contributed by atoms with Gasteiger partial charge in [-0.1, -0.05) is 50.1 Å². The van der Waals surface area contributed by atoms with Crippen LogP contribution in [0.25, 0.3) is 0 Å². The predicted octanol–water partition coefficient (Wildman–Crippen LogP) is 5.24. The number of hydrogen-bond donors (Lipinski definition) is 0. The van der Waals surface area contributed by atoms with E-state index in [0.717, 1.165) is 6.61 Å². The maximum atomic E-state index is 6.34. The van der Waals surface area contributed by atoms with E-state index in [1.54, 1.807) is 5.56 Å². The molecule has 110 valence electrons. The van der Waals surface area contributed by atoms with E-state index in [-0.39, 0.29) is 5.60 Å². The molecule has 1 nitrogen and oxygen atoms in total. The first-order chi connectivity index (χ1) is 9.79. The molecule has 3 saturated carbocycles. The molecule has 1 aromatic carbocycles. The van der Waals surface area contributed by atoms with Crippen molar-refractivity contribution < 1.29 is 4.74 Å². The van der Waals surface area contributed by atoms with E-state index in [1.165, 1.54) is 57.8 Å². The van der Waals surface area contributed by atoms with Crippen LogP contribution in [0, 0.1) is 0 Å². The van der Waals surface area contributed by atoms with Crippen molar-refractivity contribution in [2.24, 2.45) is 0 Å². The normalized spacial score (nSPS) is 32.5. The number of hydrogen-bond acceptors (Lipinski definition) is 1. The molecule has 0 unspecified atom stereocenters. The van der Waals surface area contributed by atoms with Crippen molar-refractivity contribution in [3.63, 3.8) is 0 Å². The number of unbranched alkanes of at least 4 members (excludes halogenated alkanes) is 2. The summed E-state index contributed by atoms with van der Waals surface area (Å²) in [6.45, 7) is 3.24. The molecule has 0 amide bonds. The second-order valence-corrected chi connectivity index (χ2v) is 6.88. The molecule has 1 aromatic rings. The molecule has 0 atom stereocenters. The summed E-state index contributed by atoms with van der Waals surface area (Å²) in [5.41, 5.74) is 2.28. The average Bonchev–Trinajstić information content (AvgIpc) is 2.54. The van der Waals surface area contributed by atoms with Crippen molar-refractivity contribution in [2.45, 2.75) is 75.7 Å². The summed E-state index contributed by atoms with van der Waals surface area (Å²) in [7, 11) is 0. The summed E-state index contributed by atoms with van der Waals surface area (Å²) in [5.74, 6) is 0. The zero-order valence-corrected chi connectivity index (χ0v) is 12.9. The molecule has 3 fully saturated rings.